The molecule has 1 aromatic carbocycles. The van der Waals surface area contributed by atoms with Crippen LogP contribution in [0.4, 0.5) is 5.00 Å². The molecular formula is C11H12N2S. The topological polar surface area (TPSA) is 38.9 Å². The minimum Gasteiger partial charge on any atom is -0.389 e. The molecule has 1 heterocycles. The van der Waals surface area contributed by atoms with Crippen LogP contribution in [0.3, 0.4) is 0 Å². The predicted octanol–water partition coefficient (Wildman–Crippen LogP) is 3.01. The summed E-state index contributed by atoms with van der Waals surface area (Å²) in [5, 5.41) is 1.81. The summed E-state index contributed by atoms with van der Waals surface area (Å²) in [5.41, 5.74) is 9.12. The number of nitrogen functional groups attached to an aromatic ring is 1. The third kappa shape index (κ3) is 1.63. The van der Waals surface area contributed by atoms with Crippen molar-refractivity contribution in [3.05, 3.63) is 34.8 Å². The highest BCUT2D eigenvalue weighted by Crippen LogP contribution is 2.29. The largest absolute Gasteiger partial charge is 0.389 e. The van der Waals surface area contributed by atoms with Crippen LogP contribution in [-0.2, 0) is 0 Å². The first kappa shape index (κ1) is 9.21. The van der Waals surface area contributed by atoms with E-state index < -0.39 is 0 Å². The van der Waals surface area contributed by atoms with Crippen LogP contribution in [0.2, 0.25) is 0 Å². The smallest absolute Gasteiger partial charge is 0.114 e. The summed E-state index contributed by atoms with van der Waals surface area (Å²) >= 11 is 1.53. The van der Waals surface area contributed by atoms with Crippen LogP contribution in [0, 0.1) is 13.8 Å². The first-order valence-corrected chi connectivity index (χ1v) is 5.28. The van der Waals surface area contributed by atoms with Crippen molar-refractivity contribution in [1.29, 1.82) is 0 Å². The average molecular weight is 204 g/mol. The van der Waals surface area contributed by atoms with Crippen LogP contribution >= 0.6 is 11.3 Å². The minimum absolute atomic E-state index is 0.798. The Kier molecular flexibility index (Phi) is 2.25. The first-order valence-electron chi connectivity index (χ1n) is 4.47. The number of aromatic nitrogens is 1. The Morgan fingerprint density at radius 1 is 1.14 bits per heavy atom. The van der Waals surface area contributed by atoms with Crippen LogP contribution in [0.25, 0.3) is 11.3 Å². The summed E-state index contributed by atoms with van der Waals surface area (Å²) in [6.07, 6.45) is 0. The quantitative estimate of drug-likeness (QED) is 0.775. The summed E-state index contributed by atoms with van der Waals surface area (Å²) in [6.45, 7) is 4.04. The van der Waals surface area contributed by atoms with Gasteiger partial charge in [-0.3, -0.25) is 0 Å². The van der Waals surface area contributed by atoms with Gasteiger partial charge in [-0.2, -0.15) is 0 Å². The van der Waals surface area contributed by atoms with Crippen LogP contribution in [-0.4, -0.2) is 4.98 Å². The Morgan fingerprint density at radius 3 is 2.29 bits per heavy atom. The second-order valence-electron chi connectivity index (χ2n) is 3.31. The molecule has 2 rings (SSSR count). The third-order valence-electron chi connectivity index (χ3n) is 2.09. The van der Waals surface area contributed by atoms with Gasteiger partial charge in [0, 0.05) is 5.56 Å². The lowest BCUT2D eigenvalue weighted by Gasteiger charge is -1.98. The van der Waals surface area contributed by atoms with Crippen LogP contribution in [0.1, 0.15) is 10.6 Å². The average Bonchev–Trinajstić information content (AvgIpc) is 2.47. The van der Waals surface area contributed by atoms with Gasteiger partial charge in [-0.25, -0.2) is 4.98 Å². The molecule has 0 fully saturated rings. The summed E-state index contributed by atoms with van der Waals surface area (Å²) in [4.78, 5) is 4.40. The van der Waals surface area contributed by atoms with E-state index >= 15 is 0 Å². The molecule has 0 unspecified atom stereocenters. The van der Waals surface area contributed by atoms with Gasteiger partial charge in [0.1, 0.15) is 10.7 Å². The monoisotopic (exact) mass is 204 g/mol. The summed E-state index contributed by atoms with van der Waals surface area (Å²) in [5.74, 6) is 0. The molecule has 2 nitrogen and oxygen atoms in total. The number of anilines is 1. The highest BCUT2D eigenvalue weighted by atomic mass is 32.1. The highest BCUT2D eigenvalue weighted by molar-refractivity contribution is 7.16. The van der Waals surface area contributed by atoms with E-state index in [1.54, 1.807) is 0 Å². The summed E-state index contributed by atoms with van der Waals surface area (Å²) < 4.78 is 0. The normalized spacial score (nSPS) is 10.4. The Morgan fingerprint density at radius 2 is 1.79 bits per heavy atom. The second-order valence-corrected chi connectivity index (χ2v) is 4.55. The maximum Gasteiger partial charge on any atom is 0.114 e. The molecule has 0 saturated carbocycles. The van der Waals surface area contributed by atoms with E-state index in [0.717, 1.165) is 21.3 Å². The minimum atomic E-state index is 0.798. The molecule has 0 aliphatic heterocycles. The molecule has 0 saturated heterocycles. The van der Waals surface area contributed by atoms with Crippen molar-refractivity contribution in [2.24, 2.45) is 0 Å². The molecule has 0 amide bonds. The zero-order valence-corrected chi connectivity index (χ0v) is 9.06. The number of thiazole rings is 1. The standard InChI is InChI=1S/C11H12N2S/c1-7-3-5-9(6-4-7)10-11(12)14-8(2)13-10/h3-6H,12H2,1-2H3. The van der Waals surface area contributed by atoms with Crippen molar-refractivity contribution >= 4 is 16.3 Å². The maximum atomic E-state index is 5.87. The molecule has 0 aliphatic rings. The molecule has 0 atom stereocenters. The molecule has 1 aromatic heterocycles. The Labute approximate surface area is 87.4 Å². The fourth-order valence-electron chi connectivity index (χ4n) is 1.36. The SMILES string of the molecule is Cc1ccc(-c2nc(C)sc2N)cc1. The van der Waals surface area contributed by atoms with Gasteiger partial charge in [-0.05, 0) is 13.8 Å². The van der Waals surface area contributed by atoms with Gasteiger partial charge >= 0.3 is 0 Å². The molecule has 0 aliphatic carbocycles. The molecule has 72 valence electrons. The fourth-order valence-corrected chi connectivity index (χ4v) is 2.08. The lowest BCUT2D eigenvalue weighted by Crippen LogP contribution is -1.85. The Bertz CT molecular complexity index is 443. The Balaban J connectivity index is 2.49. The molecule has 0 radical (unpaired) electrons. The van der Waals surface area contributed by atoms with Gasteiger partial charge in [0.25, 0.3) is 0 Å². The number of rotatable bonds is 1. The zero-order chi connectivity index (χ0) is 10.1. The van der Waals surface area contributed by atoms with Gasteiger partial charge in [-0.1, -0.05) is 29.8 Å². The lowest BCUT2D eigenvalue weighted by atomic mass is 10.1. The van der Waals surface area contributed by atoms with Crippen LogP contribution in [0.15, 0.2) is 24.3 Å². The number of nitrogens with zero attached hydrogens (tertiary/aromatic N) is 1. The van der Waals surface area contributed by atoms with E-state index in [-0.39, 0.29) is 0 Å². The predicted molar refractivity (Wildman–Crippen MR) is 61.4 cm³/mol. The van der Waals surface area contributed by atoms with Crippen LogP contribution in [0.5, 0.6) is 0 Å². The van der Waals surface area contributed by atoms with E-state index in [0.29, 0.717) is 0 Å². The maximum absolute atomic E-state index is 5.87. The summed E-state index contributed by atoms with van der Waals surface area (Å²) in [6, 6.07) is 8.26. The van der Waals surface area contributed by atoms with Crippen molar-refractivity contribution in [2.75, 3.05) is 5.73 Å². The number of aryl methyl sites for hydroxylation is 2. The van der Waals surface area contributed by atoms with Crippen molar-refractivity contribution in [2.45, 2.75) is 13.8 Å². The molecule has 14 heavy (non-hydrogen) atoms. The molecule has 2 aromatic rings. The zero-order valence-electron chi connectivity index (χ0n) is 8.24. The number of benzene rings is 1. The third-order valence-corrected chi connectivity index (χ3v) is 2.89. The van der Waals surface area contributed by atoms with E-state index in [1.807, 2.05) is 6.92 Å². The van der Waals surface area contributed by atoms with E-state index in [9.17, 15) is 0 Å². The molecular weight excluding hydrogens is 192 g/mol. The second kappa shape index (κ2) is 3.42. The van der Waals surface area contributed by atoms with Crippen LogP contribution < -0.4 is 5.73 Å². The first-order chi connectivity index (χ1) is 6.66. The van der Waals surface area contributed by atoms with E-state index in [2.05, 4.69) is 36.2 Å². The van der Waals surface area contributed by atoms with E-state index in [4.69, 9.17) is 5.73 Å². The fraction of sp³-hybridized carbons (Fsp3) is 0.182. The number of hydrogen-bond donors (Lipinski definition) is 1. The molecule has 2 N–H and O–H groups in total. The molecule has 0 bridgehead atoms. The van der Waals surface area contributed by atoms with Crippen molar-refractivity contribution in [1.82, 2.24) is 4.98 Å². The molecule has 3 heteroatoms. The van der Waals surface area contributed by atoms with Gasteiger partial charge in [-0.15, -0.1) is 11.3 Å². The summed E-state index contributed by atoms with van der Waals surface area (Å²) in [7, 11) is 0. The highest BCUT2D eigenvalue weighted by Gasteiger charge is 2.07. The number of nitrogens with two attached hydrogens (primary N) is 1. The van der Waals surface area contributed by atoms with Crippen molar-refractivity contribution < 1.29 is 0 Å². The van der Waals surface area contributed by atoms with Gasteiger partial charge in [0.15, 0.2) is 0 Å². The lowest BCUT2D eigenvalue weighted by molar-refractivity contribution is 1.30. The van der Waals surface area contributed by atoms with Crippen molar-refractivity contribution in [3.8, 4) is 11.3 Å². The van der Waals surface area contributed by atoms with Gasteiger partial charge in [0.05, 0.1) is 5.01 Å². The molecule has 0 spiro atoms. The van der Waals surface area contributed by atoms with E-state index in [1.165, 1.54) is 16.9 Å². The van der Waals surface area contributed by atoms with Gasteiger partial charge in [0.2, 0.25) is 0 Å². The number of hydrogen-bond acceptors (Lipinski definition) is 3. The Hall–Kier alpha value is -1.35. The van der Waals surface area contributed by atoms with Gasteiger partial charge < -0.3 is 5.73 Å². The van der Waals surface area contributed by atoms with Crippen molar-refractivity contribution in [3.63, 3.8) is 0 Å².